The first-order chi connectivity index (χ1) is 8.63. The van der Waals surface area contributed by atoms with Gasteiger partial charge in [-0.2, -0.15) is 5.10 Å². The molecule has 1 amide bonds. The predicted molar refractivity (Wildman–Crippen MR) is 69.1 cm³/mol. The normalized spacial score (nSPS) is 10.2. The van der Waals surface area contributed by atoms with Crippen molar-refractivity contribution in [2.75, 3.05) is 19.1 Å². The summed E-state index contributed by atoms with van der Waals surface area (Å²) in [6.45, 7) is 1.82. The molecule has 5 heteroatoms. The zero-order chi connectivity index (χ0) is 13.1. The van der Waals surface area contributed by atoms with E-state index in [-0.39, 0.29) is 5.91 Å². The average Bonchev–Trinajstić information content (AvgIpc) is 2.83. The van der Waals surface area contributed by atoms with E-state index in [9.17, 15) is 4.79 Å². The molecule has 0 fully saturated rings. The molecule has 0 atom stereocenters. The minimum Gasteiger partial charge on any atom is -0.497 e. The molecular formula is C13H15N3O2. The second-order valence-corrected chi connectivity index (χ2v) is 3.97. The van der Waals surface area contributed by atoms with Crippen LogP contribution in [0.4, 0.5) is 5.69 Å². The van der Waals surface area contributed by atoms with Gasteiger partial charge < -0.3 is 9.64 Å². The third-order valence-electron chi connectivity index (χ3n) is 2.82. The highest BCUT2D eigenvalue weighted by Crippen LogP contribution is 2.20. The molecule has 0 saturated carbocycles. The van der Waals surface area contributed by atoms with Gasteiger partial charge in [0, 0.05) is 18.4 Å². The molecule has 2 aromatic rings. The minimum atomic E-state index is -0.0913. The van der Waals surface area contributed by atoms with Gasteiger partial charge in [0.25, 0.3) is 5.91 Å². The van der Waals surface area contributed by atoms with E-state index in [1.54, 1.807) is 19.1 Å². The van der Waals surface area contributed by atoms with Crippen molar-refractivity contribution in [2.24, 2.45) is 0 Å². The van der Waals surface area contributed by atoms with Crippen molar-refractivity contribution >= 4 is 11.6 Å². The van der Waals surface area contributed by atoms with Crippen LogP contribution >= 0.6 is 0 Å². The van der Waals surface area contributed by atoms with Crippen molar-refractivity contribution in [3.63, 3.8) is 0 Å². The number of aromatic amines is 1. The van der Waals surface area contributed by atoms with Gasteiger partial charge in [-0.25, -0.2) is 0 Å². The molecule has 1 aromatic carbocycles. The lowest BCUT2D eigenvalue weighted by Gasteiger charge is -2.17. The number of aryl methyl sites for hydroxylation is 1. The molecular weight excluding hydrogens is 230 g/mol. The fourth-order valence-electron chi connectivity index (χ4n) is 1.67. The van der Waals surface area contributed by atoms with Crippen molar-refractivity contribution < 1.29 is 9.53 Å². The Balaban J connectivity index is 2.23. The van der Waals surface area contributed by atoms with Crippen LogP contribution < -0.4 is 9.64 Å². The van der Waals surface area contributed by atoms with Crippen molar-refractivity contribution in [1.82, 2.24) is 10.2 Å². The molecule has 0 radical (unpaired) electrons. The minimum absolute atomic E-state index is 0.0913. The number of carbonyl (C=O) groups excluding carboxylic acids is 1. The number of amides is 1. The number of H-pyrrole nitrogens is 1. The Labute approximate surface area is 105 Å². The van der Waals surface area contributed by atoms with Crippen LogP contribution in [0.5, 0.6) is 5.75 Å². The van der Waals surface area contributed by atoms with Crippen molar-refractivity contribution in [3.05, 3.63) is 41.7 Å². The maximum atomic E-state index is 12.2. The zero-order valence-corrected chi connectivity index (χ0v) is 10.6. The van der Waals surface area contributed by atoms with Gasteiger partial charge in [-0.15, -0.1) is 0 Å². The fraction of sp³-hybridized carbons (Fsp3) is 0.231. The molecule has 5 nitrogen and oxygen atoms in total. The zero-order valence-electron chi connectivity index (χ0n) is 10.6. The van der Waals surface area contributed by atoms with Crippen LogP contribution in [-0.4, -0.2) is 30.3 Å². The summed E-state index contributed by atoms with van der Waals surface area (Å²) in [7, 11) is 3.34. The molecule has 1 aromatic heterocycles. The molecule has 0 spiro atoms. The largest absolute Gasteiger partial charge is 0.497 e. The van der Waals surface area contributed by atoms with E-state index in [1.807, 2.05) is 31.2 Å². The highest BCUT2D eigenvalue weighted by molar-refractivity contribution is 6.06. The van der Waals surface area contributed by atoms with Gasteiger partial charge in [0.1, 0.15) is 5.75 Å². The van der Waals surface area contributed by atoms with Crippen LogP contribution in [-0.2, 0) is 0 Å². The van der Waals surface area contributed by atoms with E-state index in [0.717, 1.165) is 17.1 Å². The second-order valence-electron chi connectivity index (χ2n) is 3.97. The van der Waals surface area contributed by atoms with Crippen LogP contribution in [0.25, 0.3) is 0 Å². The summed E-state index contributed by atoms with van der Waals surface area (Å²) >= 11 is 0. The summed E-state index contributed by atoms with van der Waals surface area (Å²) in [5, 5.41) is 6.61. The molecule has 0 aliphatic carbocycles. The summed E-state index contributed by atoms with van der Waals surface area (Å²) in [6.07, 6.45) is 1.54. The first-order valence-corrected chi connectivity index (χ1v) is 5.55. The van der Waals surface area contributed by atoms with E-state index < -0.39 is 0 Å². The number of hydrogen-bond acceptors (Lipinski definition) is 3. The summed E-state index contributed by atoms with van der Waals surface area (Å²) in [6, 6.07) is 7.32. The first-order valence-electron chi connectivity index (χ1n) is 5.55. The molecule has 94 valence electrons. The highest BCUT2D eigenvalue weighted by atomic mass is 16.5. The molecule has 18 heavy (non-hydrogen) atoms. The predicted octanol–water partition coefficient (Wildman–Crippen LogP) is 2.00. The van der Waals surface area contributed by atoms with Gasteiger partial charge in [0.15, 0.2) is 0 Å². The van der Waals surface area contributed by atoms with E-state index in [0.29, 0.717) is 5.56 Å². The Kier molecular flexibility index (Phi) is 3.32. The van der Waals surface area contributed by atoms with Crippen LogP contribution in [0.2, 0.25) is 0 Å². The number of hydrogen-bond donors (Lipinski definition) is 1. The second kappa shape index (κ2) is 4.91. The number of carbonyl (C=O) groups is 1. The topological polar surface area (TPSA) is 58.2 Å². The number of rotatable bonds is 3. The number of benzene rings is 1. The number of anilines is 1. The van der Waals surface area contributed by atoms with E-state index in [4.69, 9.17) is 4.74 Å². The van der Waals surface area contributed by atoms with Gasteiger partial charge >= 0.3 is 0 Å². The summed E-state index contributed by atoms with van der Waals surface area (Å²) in [4.78, 5) is 13.8. The van der Waals surface area contributed by atoms with E-state index >= 15 is 0 Å². The molecule has 1 N–H and O–H groups in total. The van der Waals surface area contributed by atoms with Crippen molar-refractivity contribution in [2.45, 2.75) is 6.92 Å². The third kappa shape index (κ3) is 2.20. The Morgan fingerprint density at radius 1 is 1.33 bits per heavy atom. The maximum Gasteiger partial charge on any atom is 0.261 e. The third-order valence-corrected chi connectivity index (χ3v) is 2.82. The Morgan fingerprint density at radius 3 is 2.50 bits per heavy atom. The van der Waals surface area contributed by atoms with E-state index in [2.05, 4.69) is 10.2 Å². The van der Waals surface area contributed by atoms with E-state index in [1.165, 1.54) is 6.20 Å². The maximum absolute atomic E-state index is 12.2. The summed E-state index contributed by atoms with van der Waals surface area (Å²) in [5.41, 5.74) is 2.15. The van der Waals surface area contributed by atoms with Gasteiger partial charge in [-0.1, -0.05) is 0 Å². The molecule has 0 aliphatic rings. The van der Waals surface area contributed by atoms with Gasteiger partial charge in [-0.3, -0.25) is 9.89 Å². The lowest BCUT2D eigenvalue weighted by molar-refractivity contribution is 0.0992. The van der Waals surface area contributed by atoms with Crippen molar-refractivity contribution in [3.8, 4) is 5.75 Å². The number of methoxy groups -OCH3 is 1. The van der Waals surface area contributed by atoms with Crippen LogP contribution in [0.1, 0.15) is 16.1 Å². The van der Waals surface area contributed by atoms with Crippen LogP contribution in [0, 0.1) is 6.92 Å². The Morgan fingerprint density at radius 2 is 2.00 bits per heavy atom. The fourth-order valence-corrected chi connectivity index (χ4v) is 1.67. The van der Waals surface area contributed by atoms with Crippen molar-refractivity contribution in [1.29, 1.82) is 0 Å². The van der Waals surface area contributed by atoms with Gasteiger partial charge in [0.2, 0.25) is 0 Å². The highest BCUT2D eigenvalue weighted by Gasteiger charge is 2.16. The lowest BCUT2D eigenvalue weighted by atomic mass is 10.2. The van der Waals surface area contributed by atoms with Gasteiger partial charge in [-0.05, 0) is 31.2 Å². The molecule has 1 heterocycles. The van der Waals surface area contributed by atoms with Crippen LogP contribution in [0.3, 0.4) is 0 Å². The molecule has 0 aliphatic heterocycles. The number of aromatic nitrogens is 2. The number of nitrogens with zero attached hydrogens (tertiary/aromatic N) is 2. The molecule has 2 rings (SSSR count). The Hall–Kier alpha value is -2.30. The number of ether oxygens (including phenoxy) is 1. The quantitative estimate of drug-likeness (QED) is 0.899. The van der Waals surface area contributed by atoms with Gasteiger partial charge in [0.05, 0.1) is 18.9 Å². The SMILES string of the molecule is COc1ccc(N(C)C(=O)c2cn[nH]c2C)cc1. The smallest absolute Gasteiger partial charge is 0.261 e. The standard InChI is InChI=1S/C13H15N3O2/c1-9-12(8-14-15-9)13(17)16(2)10-4-6-11(18-3)7-5-10/h4-8H,1-3H3,(H,14,15). The lowest BCUT2D eigenvalue weighted by Crippen LogP contribution is -2.26. The number of nitrogens with one attached hydrogen (secondary N) is 1. The molecule has 0 saturated heterocycles. The summed E-state index contributed by atoms with van der Waals surface area (Å²) in [5.74, 6) is 0.672. The van der Waals surface area contributed by atoms with Crippen LogP contribution in [0.15, 0.2) is 30.5 Å². The molecule has 0 bridgehead atoms. The molecule has 0 unspecified atom stereocenters. The average molecular weight is 245 g/mol. The Bertz CT molecular complexity index is 546. The monoisotopic (exact) mass is 245 g/mol. The summed E-state index contributed by atoms with van der Waals surface area (Å²) < 4.78 is 5.08. The first kappa shape index (κ1) is 12.2.